The van der Waals surface area contributed by atoms with Crippen molar-refractivity contribution in [3.8, 4) is 0 Å². The van der Waals surface area contributed by atoms with Gasteiger partial charge in [-0.3, -0.25) is 9.78 Å². The molecule has 0 aromatic carbocycles. The molecule has 1 aliphatic heterocycles. The largest absolute Gasteiger partial charge is 0.376 e. The maximum atomic E-state index is 12.1. The normalized spacial score (nSPS) is 28.1. The van der Waals surface area contributed by atoms with E-state index in [0.29, 0.717) is 17.2 Å². The van der Waals surface area contributed by atoms with Gasteiger partial charge in [0, 0.05) is 19.0 Å². The number of pyridine rings is 1. The summed E-state index contributed by atoms with van der Waals surface area (Å²) in [5.41, 5.74) is 0.117. The van der Waals surface area contributed by atoms with Crippen LogP contribution in [0.15, 0.2) is 18.5 Å². The third kappa shape index (κ3) is 2.42. The van der Waals surface area contributed by atoms with Crippen molar-refractivity contribution in [2.45, 2.75) is 31.9 Å². The van der Waals surface area contributed by atoms with Crippen molar-refractivity contribution in [3.05, 3.63) is 29.0 Å². The zero-order valence-corrected chi connectivity index (χ0v) is 10.6. The molecule has 2 atom stereocenters. The van der Waals surface area contributed by atoms with Gasteiger partial charge in [-0.2, -0.15) is 0 Å². The summed E-state index contributed by atoms with van der Waals surface area (Å²) in [5, 5.41) is 3.35. The van der Waals surface area contributed by atoms with Crippen molar-refractivity contribution in [1.29, 1.82) is 0 Å². The van der Waals surface area contributed by atoms with Gasteiger partial charge in [-0.15, -0.1) is 0 Å². The van der Waals surface area contributed by atoms with Crippen molar-refractivity contribution in [3.63, 3.8) is 0 Å². The first-order valence-electron chi connectivity index (χ1n) is 5.56. The van der Waals surface area contributed by atoms with Crippen LogP contribution in [0.1, 0.15) is 30.6 Å². The van der Waals surface area contributed by atoms with E-state index >= 15 is 0 Å². The number of hydrogen-bond acceptors (Lipinski definition) is 3. The molecule has 0 bridgehead atoms. The van der Waals surface area contributed by atoms with Gasteiger partial charge in [-0.25, -0.2) is 0 Å². The maximum Gasteiger partial charge on any atom is 0.253 e. The van der Waals surface area contributed by atoms with E-state index < -0.39 is 0 Å². The monoisotopic (exact) mass is 254 g/mol. The van der Waals surface area contributed by atoms with Crippen LogP contribution in [0.2, 0.25) is 5.02 Å². The van der Waals surface area contributed by atoms with Gasteiger partial charge in [0.25, 0.3) is 5.91 Å². The molecule has 0 radical (unpaired) electrons. The highest BCUT2D eigenvalue weighted by Gasteiger charge is 2.38. The number of nitrogens with one attached hydrogen (secondary N) is 1. The quantitative estimate of drug-likeness (QED) is 0.879. The molecule has 17 heavy (non-hydrogen) atoms. The molecule has 4 nitrogen and oxygen atoms in total. The molecule has 92 valence electrons. The van der Waals surface area contributed by atoms with Crippen molar-refractivity contribution < 1.29 is 9.53 Å². The molecule has 2 unspecified atom stereocenters. The molecule has 0 spiro atoms. The van der Waals surface area contributed by atoms with Gasteiger partial charge in [0.15, 0.2) is 0 Å². The van der Waals surface area contributed by atoms with Gasteiger partial charge < -0.3 is 10.1 Å². The number of carbonyl (C=O) groups is 1. The highest BCUT2D eigenvalue weighted by Crippen LogP contribution is 2.26. The predicted octanol–water partition coefficient (Wildman–Crippen LogP) is 2.03. The van der Waals surface area contributed by atoms with Crippen LogP contribution < -0.4 is 5.32 Å². The van der Waals surface area contributed by atoms with Crippen LogP contribution in [0.3, 0.4) is 0 Å². The van der Waals surface area contributed by atoms with E-state index in [2.05, 4.69) is 10.3 Å². The minimum absolute atomic E-state index is 0.00654. The molecular weight excluding hydrogens is 240 g/mol. The van der Waals surface area contributed by atoms with E-state index in [1.165, 1.54) is 6.20 Å². The Kier molecular flexibility index (Phi) is 3.35. The minimum atomic E-state index is -0.330. The van der Waals surface area contributed by atoms with Crippen LogP contribution in [0.5, 0.6) is 0 Å². The molecule has 0 aliphatic carbocycles. The SMILES string of the molecule is CC1OCCC1(C)NC(=O)c1ccncc1Cl. The fraction of sp³-hybridized carbons (Fsp3) is 0.500. The van der Waals surface area contributed by atoms with E-state index in [4.69, 9.17) is 16.3 Å². The molecule has 0 saturated carbocycles. The Labute approximate surface area is 105 Å². The average molecular weight is 255 g/mol. The summed E-state index contributed by atoms with van der Waals surface area (Å²) >= 11 is 5.93. The molecule has 1 saturated heterocycles. The summed E-state index contributed by atoms with van der Waals surface area (Å²) in [4.78, 5) is 15.9. The van der Waals surface area contributed by atoms with Crippen molar-refractivity contribution >= 4 is 17.5 Å². The number of amides is 1. The summed E-state index contributed by atoms with van der Waals surface area (Å²) in [6, 6.07) is 1.61. The van der Waals surface area contributed by atoms with Crippen LogP contribution in [-0.2, 0) is 4.74 Å². The molecular formula is C12H15ClN2O2. The number of rotatable bonds is 2. The van der Waals surface area contributed by atoms with E-state index in [1.54, 1.807) is 12.3 Å². The van der Waals surface area contributed by atoms with Gasteiger partial charge in [0.05, 0.1) is 22.2 Å². The average Bonchev–Trinajstić information content (AvgIpc) is 2.59. The van der Waals surface area contributed by atoms with Crippen LogP contribution in [-0.4, -0.2) is 29.1 Å². The zero-order valence-electron chi connectivity index (χ0n) is 9.87. The Balaban J connectivity index is 2.15. The van der Waals surface area contributed by atoms with Gasteiger partial charge >= 0.3 is 0 Å². The molecule has 2 rings (SSSR count). The third-order valence-corrected chi connectivity index (χ3v) is 3.60. The van der Waals surface area contributed by atoms with E-state index in [9.17, 15) is 4.79 Å². The highest BCUT2D eigenvalue weighted by molar-refractivity contribution is 6.33. The first-order valence-corrected chi connectivity index (χ1v) is 5.94. The second-order valence-electron chi connectivity index (χ2n) is 4.49. The fourth-order valence-electron chi connectivity index (χ4n) is 1.89. The fourth-order valence-corrected chi connectivity index (χ4v) is 2.09. The molecule has 1 amide bonds. The second-order valence-corrected chi connectivity index (χ2v) is 4.90. The van der Waals surface area contributed by atoms with Crippen molar-refractivity contribution in [2.75, 3.05) is 6.61 Å². The summed E-state index contributed by atoms with van der Waals surface area (Å²) in [6.45, 7) is 4.61. The van der Waals surface area contributed by atoms with Crippen molar-refractivity contribution in [2.24, 2.45) is 0 Å². The minimum Gasteiger partial charge on any atom is -0.376 e. The first kappa shape index (κ1) is 12.3. The number of halogens is 1. The summed E-state index contributed by atoms with van der Waals surface area (Å²) < 4.78 is 5.48. The Morgan fingerprint density at radius 2 is 2.47 bits per heavy atom. The van der Waals surface area contributed by atoms with Gasteiger partial charge in [-0.1, -0.05) is 11.6 Å². The van der Waals surface area contributed by atoms with Gasteiger partial charge in [-0.05, 0) is 26.3 Å². The number of carbonyl (C=O) groups excluding carboxylic acids is 1. The van der Waals surface area contributed by atoms with E-state index in [0.717, 1.165) is 6.42 Å². The molecule has 5 heteroatoms. The lowest BCUT2D eigenvalue weighted by Gasteiger charge is -2.29. The Morgan fingerprint density at radius 1 is 1.71 bits per heavy atom. The number of aromatic nitrogens is 1. The summed E-state index contributed by atoms with van der Waals surface area (Å²) in [7, 11) is 0. The van der Waals surface area contributed by atoms with Crippen LogP contribution >= 0.6 is 11.6 Å². The second kappa shape index (κ2) is 4.63. The Morgan fingerprint density at radius 3 is 3.06 bits per heavy atom. The molecule has 1 aromatic rings. The van der Waals surface area contributed by atoms with Crippen LogP contribution in [0.4, 0.5) is 0 Å². The topological polar surface area (TPSA) is 51.2 Å². The predicted molar refractivity (Wildman–Crippen MR) is 65.1 cm³/mol. The standard InChI is InChI=1S/C12H15ClN2O2/c1-8-12(2,4-6-17-8)15-11(16)9-3-5-14-7-10(9)13/h3,5,7-8H,4,6H2,1-2H3,(H,15,16). The highest BCUT2D eigenvalue weighted by atomic mass is 35.5. The summed E-state index contributed by atoms with van der Waals surface area (Å²) in [5.74, 6) is -0.183. The smallest absolute Gasteiger partial charge is 0.253 e. The number of nitrogens with zero attached hydrogens (tertiary/aromatic N) is 1. The third-order valence-electron chi connectivity index (χ3n) is 3.30. The Hall–Kier alpha value is -1.13. The van der Waals surface area contributed by atoms with Gasteiger partial charge in [0.1, 0.15) is 0 Å². The van der Waals surface area contributed by atoms with E-state index in [1.807, 2.05) is 13.8 Å². The molecule has 2 heterocycles. The Bertz CT molecular complexity index is 438. The van der Waals surface area contributed by atoms with Crippen LogP contribution in [0.25, 0.3) is 0 Å². The number of hydrogen-bond donors (Lipinski definition) is 1. The van der Waals surface area contributed by atoms with Crippen LogP contribution in [0, 0.1) is 0 Å². The molecule has 1 aliphatic rings. The molecule has 1 aromatic heterocycles. The lowest BCUT2D eigenvalue weighted by molar-refractivity contribution is 0.0727. The van der Waals surface area contributed by atoms with Crippen molar-refractivity contribution in [1.82, 2.24) is 10.3 Å². The lowest BCUT2D eigenvalue weighted by atomic mass is 9.94. The molecule has 1 fully saturated rings. The van der Waals surface area contributed by atoms with E-state index in [-0.39, 0.29) is 17.6 Å². The molecule has 1 N–H and O–H groups in total. The lowest BCUT2D eigenvalue weighted by Crippen LogP contribution is -2.50. The zero-order chi connectivity index (χ0) is 12.5. The maximum absolute atomic E-state index is 12.1. The van der Waals surface area contributed by atoms with Gasteiger partial charge in [0.2, 0.25) is 0 Å². The summed E-state index contributed by atoms with van der Waals surface area (Å²) in [6.07, 6.45) is 3.83. The number of ether oxygens (including phenoxy) is 1. The first-order chi connectivity index (χ1) is 8.03.